The summed E-state index contributed by atoms with van der Waals surface area (Å²) in [4.78, 5) is 41.4. The molecule has 0 aromatic heterocycles. The molecule has 0 atom stereocenters. The molecule has 2 aromatic rings. The Morgan fingerprint density at radius 1 is 0.926 bits per heavy atom. The fourth-order valence-electron chi connectivity index (χ4n) is 1.85. The number of methoxy groups -OCH3 is 1. The van der Waals surface area contributed by atoms with Crippen molar-refractivity contribution in [3.8, 4) is 0 Å². The normalized spacial score (nSPS) is 9.59. The topological polar surface area (TPSA) is 150 Å². The van der Waals surface area contributed by atoms with Crippen LogP contribution in [0.2, 0.25) is 0 Å². The summed E-state index contributed by atoms with van der Waals surface area (Å²) in [7, 11) is 1.17. The van der Waals surface area contributed by atoms with E-state index < -0.39 is 27.5 Å². The molecule has 0 aliphatic heterocycles. The number of ether oxygens (including phenoxy) is 1. The van der Waals surface area contributed by atoms with Crippen LogP contribution in [0.1, 0.15) is 20.7 Å². The van der Waals surface area contributed by atoms with Crippen molar-refractivity contribution >= 4 is 55.2 Å². The third-order valence-electron chi connectivity index (χ3n) is 2.98. The first-order valence-electron chi connectivity index (χ1n) is 6.79. The van der Waals surface area contributed by atoms with Crippen molar-refractivity contribution in [3.05, 3.63) is 76.7 Å². The number of nitro groups is 2. The molecule has 10 nitrogen and oxygen atoms in total. The van der Waals surface area contributed by atoms with Gasteiger partial charge in [0, 0.05) is 21.1 Å². The number of esters is 1. The summed E-state index contributed by atoms with van der Waals surface area (Å²) in [6.07, 6.45) is 0. The van der Waals surface area contributed by atoms with Crippen LogP contribution in [0.15, 0.2) is 45.3 Å². The molecule has 2 rings (SSSR count). The van der Waals surface area contributed by atoms with Gasteiger partial charge in [-0.15, -0.1) is 0 Å². The van der Waals surface area contributed by atoms with Gasteiger partial charge >= 0.3 is 11.9 Å². The van der Waals surface area contributed by atoms with Crippen molar-refractivity contribution in [3.63, 3.8) is 0 Å². The largest absolute Gasteiger partial charge is 0.477 e. The molecule has 12 heteroatoms. The molecule has 27 heavy (non-hydrogen) atoms. The first-order chi connectivity index (χ1) is 12.6. The molecule has 0 amide bonds. The van der Waals surface area contributed by atoms with Crippen molar-refractivity contribution in [2.75, 3.05) is 7.11 Å². The van der Waals surface area contributed by atoms with Crippen LogP contribution in [0.5, 0.6) is 0 Å². The molecule has 0 unspecified atom stereocenters. The van der Waals surface area contributed by atoms with Crippen LogP contribution in [0, 0.1) is 20.2 Å². The van der Waals surface area contributed by atoms with Crippen LogP contribution in [0.4, 0.5) is 11.4 Å². The number of aromatic carboxylic acids is 1. The van der Waals surface area contributed by atoms with Gasteiger partial charge in [-0.25, -0.2) is 9.59 Å². The average molecular weight is 506 g/mol. The van der Waals surface area contributed by atoms with E-state index in [1.807, 2.05) is 0 Å². The second kappa shape index (κ2) is 9.73. The Bertz CT molecular complexity index is 917. The molecule has 1 N–H and O–H groups in total. The first kappa shape index (κ1) is 22.2. The zero-order valence-corrected chi connectivity index (χ0v) is 16.6. The van der Waals surface area contributed by atoms with Crippen LogP contribution >= 0.6 is 31.9 Å². The third-order valence-corrected chi connectivity index (χ3v) is 4.30. The van der Waals surface area contributed by atoms with E-state index >= 15 is 0 Å². The molecule has 0 spiro atoms. The number of nitro benzene ring substituents is 2. The molecule has 2 aromatic carbocycles. The number of carbonyl (C=O) groups is 2. The predicted octanol–water partition coefficient (Wildman–Crippen LogP) is 4.20. The third kappa shape index (κ3) is 5.56. The summed E-state index contributed by atoms with van der Waals surface area (Å²) in [6, 6.07) is 8.27. The Morgan fingerprint density at radius 2 is 1.33 bits per heavy atom. The molecular weight excluding hydrogens is 496 g/mol. The van der Waals surface area contributed by atoms with E-state index in [1.54, 1.807) is 6.07 Å². The Labute approximate surface area is 168 Å². The SMILES string of the molecule is COC(=O)c1c(Br)cccc1[N+](=O)[O-].O=C(O)c1c(Br)cccc1[N+](=O)[O-]. The molecule has 0 heterocycles. The zero-order valence-electron chi connectivity index (χ0n) is 13.4. The Kier molecular flexibility index (Phi) is 7.99. The van der Waals surface area contributed by atoms with E-state index in [0.717, 1.165) is 6.07 Å². The average Bonchev–Trinajstić information content (AvgIpc) is 2.60. The van der Waals surface area contributed by atoms with Crippen molar-refractivity contribution in [2.45, 2.75) is 0 Å². The lowest BCUT2D eigenvalue weighted by atomic mass is 10.2. The zero-order chi connectivity index (χ0) is 20.7. The molecule has 0 aliphatic carbocycles. The molecule has 0 bridgehead atoms. The summed E-state index contributed by atoms with van der Waals surface area (Å²) in [6.45, 7) is 0. The first-order valence-corrected chi connectivity index (χ1v) is 8.37. The molecule has 0 saturated carbocycles. The summed E-state index contributed by atoms with van der Waals surface area (Å²) < 4.78 is 4.98. The van der Waals surface area contributed by atoms with Gasteiger partial charge in [-0.1, -0.05) is 12.1 Å². The number of halogens is 2. The maximum atomic E-state index is 11.2. The fourth-order valence-corrected chi connectivity index (χ4v) is 2.89. The van der Waals surface area contributed by atoms with E-state index in [-0.39, 0.29) is 21.3 Å². The van der Waals surface area contributed by atoms with Crippen molar-refractivity contribution < 1.29 is 29.3 Å². The van der Waals surface area contributed by atoms with Gasteiger partial charge in [0.2, 0.25) is 0 Å². The van der Waals surface area contributed by atoms with E-state index in [2.05, 4.69) is 36.6 Å². The number of rotatable bonds is 4. The minimum Gasteiger partial charge on any atom is -0.477 e. The number of carbonyl (C=O) groups excluding carboxylic acids is 1. The van der Waals surface area contributed by atoms with Crippen LogP contribution in [0.3, 0.4) is 0 Å². The van der Waals surface area contributed by atoms with Crippen LogP contribution in [-0.4, -0.2) is 34.0 Å². The standard InChI is InChI=1S/C8H6BrNO4.C7H4BrNO4/c1-14-8(11)7-5(9)3-2-4-6(7)10(12)13;8-4-2-1-3-5(9(12)13)6(4)7(10)11/h2-4H,1H3;1-3H,(H,10,11). The van der Waals surface area contributed by atoms with Crippen LogP contribution in [-0.2, 0) is 4.74 Å². The van der Waals surface area contributed by atoms with Gasteiger partial charge in [0.25, 0.3) is 11.4 Å². The predicted molar refractivity (Wildman–Crippen MR) is 99.9 cm³/mol. The van der Waals surface area contributed by atoms with Gasteiger partial charge in [0.1, 0.15) is 0 Å². The van der Waals surface area contributed by atoms with Gasteiger partial charge in [0.05, 0.1) is 17.0 Å². The highest BCUT2D eigenvalue weighted by molar-refractivity contribution is 9.10. The molecule has 0 radical (unpaired) electrons. The van der Waals surface area contributed by atoms with E-state index in [4.69, 9.17) is 5.11 Å². The Balaban J connectivity index is 0.000000271. The Morgan fingerprint density at radius 3 is 1.67 bits per heavy atom. The monoisotopic (exact) mass is 504 g/mol. The highest BCUT2D eigenvalue weighted by Gasteiger charge is 2.23. The molecule has 0 aliphatic rings. The molecular formula is C15H10Br2N2O8. The number of hydrogen-bond donors (Lipinski definition) is 1. The number of nitrogens with zero attached hydrogens (tertiary/aromatic N) is 2. The highest BCUT2D eigenvalue weighted by Crippen LogP contribution is 2.27. The summed E-state index contributed by atoms with van der Waals surface area (Å²) in [5, 5.41) is 29.6. The lowest BCUT2D eigenvalue weighted by molar-refractivity contribution is -0.385. The van der Waals surface area contributed by atoms with Gasteiger partial charge < -0.3 is 9.84 Å². The maximum absolute atomic E-state index is 11.2. The minimum absolute atomic E-state index is 0.0694. The molecule has 0 saturated heterocycles. The van der Waals surface area contributed by atoms with Gasteiger partial charge in [-0.05, 0) is 44.0 Å². The molecule has 0 fully saturated rings. The lowest BCUT2D eigenvalue weighted by Gasteiger charge is -2.02. The smallest absolute Gasteiger partial charge is 0.346 e. The number of hydrogen-bond acceptors (Lipinski definition) is 7. The second-order valence-electron chi connectivity index (χ2n) is 4.58. The number of carboxylic acids is 1. The van der Waals surface area contributed by atoms with E-state index in [1.165, 1.54) is 31.4 Å². The van der Waals surface area contributed by atoms with Gasteiger partial charge in [-0.3, -0.25) is 20.2 Å². The number of benzene rings is 2. The van der Waals surface area contributed by atoms with Crippen molar-refractivity contribution in [1.82, 2.24) is 0 Å². The quantitative estimate of drug-likeness (QED) is 0.369. The molecule has 142 valence electrons. The number of carboxylic acid groups (broad SMARTS) is 1. The fraction of sp³-hybridized carbons (Fsp3) is 0.0667. The van der Waals surface area contributed by atoms with Gasteiger partial charge in [0.15, 0.2) is 11.1 Å². The lowest BCUT2D eigenvalue weighted by Crippen LogP contribution is -2.06. The van der Waals surface area contributed by atoms with Crippen molar-refractivity contribution in [2.24, 2.45) is 0 Å². The van der Waals surface area contributed by atoms with E-state index in [0.29, 0.717) is 4.47 Å². The van der Waals surface area contributed by atoms with Crippen molar-refractivity contribution in [1.29, 1.82) is 0 Å². The summed E-state index contributed by atoms with van der Waals surface area (Å²) in [5.74, 6) is -2.05. The maximum Gasteiger partial charge on any atom is 0.346 e. The summed E-state index contributed by atoms with van der Waals surface area (Å²) in [5.41, 5.74) is -1.08. The van der Waals surface area contributed by atoms with Crippen LogP contribution in [0.25, 0.3) is 0 Å². The Hall–Kier alpha value is -2.86. The highest BCUT2D eigenvalue weighted by atomic mass is 79.9. The van der Waals surface area contributed by atoms with Crippen LogP contribution < -0.4 is 0 Å². The van der Waals surface area contributed by atoms with E-state index in [9.17, 15) is 29.8 Å². The van der Waals surface area contributed by atoms with Gasteiger partial charge in [-0.2, -0.15) is 0 Å². The second-order valence-corrected chi connectivity index (χ2v) is 6.29. The minimum atomic E-state index is -1.32. The summed E-state index contributed by atoms with van der Waals surface area (Å²) >= 11 is 5.98.